The molecule has 2 heterocycles. The molecule has 1 unspecified atom stereocenters. The number of hydrogen-bond acceptors (Lipinski definition) is 6. The number of carbonyl (C=O) groups is 1. The van der Waals surface area contributed by atoms with Crippen LogP contribution in [-0.4, -0.2) is 45.5 Å². The third-order valence-corrected chi connectivity index (χ3v) is 3.29. The van der Waals surface area contributed by atoms with Gasteiger partial charge in [-0.3, -0.25) is 0 Å². The molecule has 0 bridgehead atoms. The second-order valence-electron chi connectivity index (χ2n) is 4.55. The Labute approximate surface area is 112 Å². The zero-order chi connectivity index (χ0) is 13.7. The summed E-state index contributed by atoms with van der Waals surface area (Å²) in [5, 5.41) is 3.25. The van der Waals surface area contributed by atoms with Gasteiger partial charge in [-0.25, -0.2) is 4.79 Å². The largest absolute Gasteiger partial charge is 0.463 e. The molecule has 0 aliphatic carbocycles. The number of nitrogens with one attached hydrogen (secondary N) is 1. The maximum absolute atomic E-state index is 11.2. The second-order valence-corrected chi connectivity index (χ2v) is 4.55. The molecule has 0 aromatic carbocycles. The van der Waals surface area contributed by atoms with Gasteiger partial charge in [0.2, 0.25) is 5.76 Å². The Kier molecular flexibility index (Phi) is 4.57. The lowest BCUT2D eigenvalue weighted by atomic mass is 10.0. The SMILES string of the molecule is COC(=O)c1ccc(CNCC2(OC)CCOC2)o1. The Bertz CT molecular complexity index is 422. The van der Waals surface area contributed by atoms with Crippen LogP contribution < -0.4 is 5.32 Å². The zero-order valence-electron chi connectivity index (χ0n) is 11.2. The van der Waals surface area contributed by atoms with Crippen molar-refractivity contribution in [1.82, 2.24) is 5.32 Å². The Morgan fingerprint density at radius 3 is 2.95 bits per heavy atom. The van der Waals surface area contributed by atoms with Crippen LogP contribution in [0.4, 0.5) is 0 Å². The zero-order valence-corrected chi connectivity index (χ0v) is 11.2. The predicted molar refractivity (Wildman–Crippen MR) is 66.9 cm³/mol. The fourth-order valence-corrected chi connectivity index (χ4v) is 2.06. The highest BCUT2D eigenvalue weighted by Crippen LogP contribution is 2.21. The lowest BCUT2D eigenvalue weighted by Gasteiger charge is -2.25. The van der Waals surface area contributed by atoms with Crippen molar-refractivity contribution >= 4 is 5.97 Å². The lowest BCUT2D eigenvalue weighted by Crippen LogP contribution is -2.42. The molecule has 1 aliphatic heterocycles. The van der Waals surface area contributed by atoms with Crippen molar-refractivity contribution in [1.29, 1.82) is 0 Å². The topological polar surface area (TPSA) is 69.9 Å². The van der Waals surface area contributed by atoms with Gasteiger partial charge in [-0.05, 0) is 12.1 Å². The van der Waals surface area contributed by atoms with Gasteiger partial charge >= 0.3 is 5.97 Å². The minimum absolute atomic E-state index is 0.213. The van der Waals surface area contributed by atoms with Gasteiger partial charge in [-0.2, -0.15) is 0 Å². The van der Waals surface area contributed by atoms with E-state index in [-0.39, 0.29) is 11.4 Å². The number of esters is 1. The summed E-state index contributed by atoms with van der Waals surface area (Å²) in [4.78, 5) is 11.2. The van der Waals surface area contributed by atoms with Crippen LogP contribution in [0.2, 0.25) is 0 Å². The molecule has 1 atom stereocenters. The molecule has 1 aromatic heterocycles. The molecule has 6 nitrogen and oxygen atoms in total. The summed E-state index contributed by atoms with van der Waals surface area (Å²) in [5.41, 5.74) is -0.252. The molecule has 0 saturated carbocycles. The number of furan rings is 1. The minimum atomic E-state index is -0.469. The fourth-order valence-electron chi connectivity index (χ4n) is 2.06. The van der Waals surface area contributed by atoms with Crippen LogP contribution >= 0.6 is 0 Å². The van der Waals surface area contributed by atoms with E-state index in [0.717, 1.165) is 13.0 Å². The van der Waals surface area contributed by atoms with Gasteiger partial charge in [0.25, 0.3) is 0 Å². The molecule has 1 aliphatic rings. The first-order chi connectivity index (χ1) is 9.19. The van der Waals surface area contributed by atoms with E-state index in [0.29, 0.717) is 25.5 Å². The van der Waals surface area contributed by atoms with E-state index in [1.165, 1.54) is 7.11 Å². The first kappa shape index (κ1) is 14.0. The van der Waals surface area contributed by atoms with Crippen molar-refractivity contribution in [3.05, 3.63) is 23.7 Å². The molecular formula is C13H19NO5. The summed E-state index contributed by atoms with van der Waals surface area (Å²) >= 11 is 0. The summed E-state index contributed by atoms with van der Waals surface area (Å²) in [6.45, 7) is 2.53. The number of rotatable bonds is 6. The van der Waals surface area contributed by atoms with E-state index in [1.54, 1.807) is 19.2 Å². The van der Waals surface area contributed by atoms with Gasteiger partial charge < -0.3 is 23.9 Å². The van der Waals surface area contributed by atoms with Crippen molar-refractivity contribution in [2.45, 2.75) is 18.6 Å². The molecule has 0 spiro atoms. The first-order valence-corrected chi connectivity index (χ1v) is 6.20. The Balaban J connectivity index is 1.82. The van der Waals surface area contributed by atoms with Crippen LogP contribution in [0.1, 0.15) is 22.7 Å². The van der Waals surface area contributed by atoms with Crippen molar-refractivity contribution in [3.8, 4) is 0 Å². The molecule has 1 N–H and O–H groups in total. The van der Waals surface area contributed by atoms with E-state index in [9.17, 15) is 4.79 Å². The van der Waals surface area contributed by atoms with E-state index in [2.05, 4.69) is 10.1 Å². The summed E-state index contributed by atoms with van der Waals surface area (Å²) in [5.74, 6) is 0.430. The van der Waals surface area contributed by atoms with Gasteiger partial charge in [-0.1, -0.05) is 0 Å². The minimum Gasteiger partial charge on any atom is -0.463 e. The molecule has 1 saturated heterocycles. The average molecular weight is 269 g/mol. The quantitative estimate of drug-likeness (QED) is 0.776. The van der Waals surface area contributed by atoms with E-state index in [1.807, 2.05) is 0 Å². The molecule has 1 aromatic rings. The highest BCUT2D eigenvalue weighted by atomic mass is 16.6. The van der Waals surface area contributed by atoms with Gasteiger partial charge in [-0.15, -0.1) is 0 Å². The summed E-state index contributed by atoms with van der Waals surface area (Å²) < 4.78 is 20.8. The Morgan fingerprint density at radius 2 is 2.32 bits per heavy atom. The smallest absolute Gasteiger partial charge is 0.373 e. The van der Waals surface area contributed by atoms with Crippen LogP contribution in [0.5, 0.6) is 0 Å². The molecule has 106 valence electrons. The third-order valence-electron chi connectivity index (χ3n) is 3.29. The molecular weight excluding hydrogens is 250 g/mol. The van der Waals surface area contributed by atoms with Gasteiger partial charge in [0, 0.05) is 26.7 Å². The summed E-state index contributed by atoms with van der Waals surface area (Å²) in [6.07, 6.45) is 0.877. The van der Waals surface area contributed by atoms with Crippen molar-refractivity contribution in [2.24, 2.45) is 0 Å². The number of ether oxygens (including phenoxy) is 3. The van der Waals surface area contributed by atoms with Crippen LogP contribution in [0.15, 0.2) is 16.5 Å². The van der Waals surface area contributed by atoms with Crippen LogP contribution in [0.3, 0.4) is 0 Å². The summed E-state index contributed by atoms with van der Waals surface area (Å²) in [7, 11) is 3.02. The van der Waals surface area contributed by atoms with Crippen LogP contribution in [0.25, 0.3) is 0 Å². The monoisotopic (exact) mass is 269 g/mol. The highest BCUT2D eigenvalue weighted by molar-refractivity contribution is 5.86. The number of methoxy groups -OCH3 is 2. The predicted octanol–water partition coefficient (Wildman–Crippen LogP) is 0.961. The van der Waals surface area contributed by atoms with Gasteiger partial charge in [0.15, 0.2) is 0 Å². The van der Waals surface area contributed by atoms with Gasteiger partial charge in [0.05, 0.1) is 20.3 Å². The second kappa shape index (κ2) is 6.18. The van der Waals surface area contributed by atoms with Crippen LogP contribution in [-0.2, 0) is 20.8 Å². The van der Waals surface area contributed by atoms with E-state index >= 15 is 0 Å². The molecule has 6 heteroatoms. The van der Waals surface area contributed by atoms with Crippen molar-refractivity contribution in [2.75, 3.05) is 34.0 Å². The van der Waals surface area contributed by atoms with Crippen molar-refractivity contribution in [3.63, 3.8) is 0 Å². The fraction of sp³-hybridized carbons (Fsp3) is 0.615. The van der Waals surface area contributed by atoms with Gasteiger partial charge in [0.1, 0.15) is 11.4 Å². The standard InChI is InChI=1S/C13H19NO5/c1-16-12(15)11-4-3-10(19-11)7-14-8-13(17-2)5-6-18-9-13/h3-4,14H,5-9H2,1-2H3. The molecule has 1 fully saturated rings. The molecule has 19 heavy (non-hydrogen) atoms. The number of carbonyl (C=O) groups excluding carboxylic acids is 1. The average Bonchev–Trinajstić information content (AvgIpc) is 3.08. The lowest BCUT2D eigenvalue weighted by molar-refractivity contribution is -0.0161. The maximum Gasteiger partial charge on any atom is 0.373 e. The molecule has 0 amide bonds. The Morgan fingerprint density at radius 1 is 1.47 bits per heavy atom. The Hall–Kier alpha value is -1.37. The maximum atomic E-state index is 11.2. The molecule has 0 radical (unpaired) electrons. The van der Waals surface area contributed by atoms with Crippen molar-refractivity contribution < 1.29 is 23.4 Å². The van der Waals surface area contributed by atoms with E-state index < -0.39 is 5.97 Å². The first-order valence-electron chi connectivity index (χ1n) is 6.20. The number of hydrogen-bond donors (Lipinski definition) is 1. The normalized spacial score (nSPS) is 22.6. The highest BCUT2D eigenvalue weighted by Gasteiger charge is 2.34. The summed E-state index contributed by atoms with van der Waals surface area (Å²) in [6, 6.07) is 3.36. The molecule has 2 rings (SSSR count). The van der Waals surface area contributed by atoms with Crippen LogP contribution in [0, 0.1) is 0 Å². The third kappa shape index (κ3) is 3.34. The van der Waals surface area contributed by atoms with E-state index in [4.69, 9.17) is 13.9 Å².